The van der Waals surface area contributed by atoms with Crippen molar-refractivity contribution in [3.05, 3.63) is 46.5 Å². The minimum Gasteiger partial charge on any atom is -0.543 e. The van der Waals surface area contributed by atoms with Crippen LogP contribution in [-0.4, -0.2) is 15.9 Å². The van der Waals surface area contributed by atoms with Gasteiger partial charge in [0.2, 0.25) is 0 Å². The van der Waals surface area contributed by atoms with E-state index in [9.17, 15) is 20.0 Å². The number of non-ortho nitro benzene ring substituents is 1. The number of aromatic nitrogens is 1. The molecule has 2 rings (SSSR count). The van der Waals surface area contributed by atoms with E-state index in [1.54, 1.807) is 0 Å². The highest BCUT2D eigenvalue weighted by Crippen LogP contribution is 2.24. The van der Waals surface area contributed by atoms with Crippen molar-refractivity contribution in [2.45, 2.75) is 0 Å². The van der Waals surface area contributed by atoms with E-state index in [4.69, 9.17) is 4.42 Å². The molecule has 0 N–H and O–H groups in total. The molecule has 1 aromatic heterocycles. The van der Waals surface area contributed by atoms with Crippen molar-refractivity contribution in [1.82, 2.24) is 4.98 Å². The van der Waals surface area contributed by atoms with Crippen LogP contribution in [0, 0.1) is 10.1 Å². The van der Waals surface area contributed by atoms with E-state index in [-0.39, 0.29) is 17.1 Å². The summed E-state index contributed by atoms with van der Waals surface area (Å²) in [6.07, 6.45) is 0.974. The number of carbonyl (C=O) groups excluding carboxylic acids is 1. The van der Waals surface area contributed by atoms with Crippen LogP contribution in [0.4, 0.5) is 5.69 Å². The maximum Gasteiger partial charge on any atom is 0.269 e. The average Bonchev–Trinajstić information content (AvgIpc) is 2.78. The van der Waals surface area contributed by atoms with E-state index in [1.807, 2.05) is 0 Å². The van der Waals surface area contributed by atoms with Gasteiger partial charge in [-0.2, -0.15) is 0 Å². The number of nitrogens with zero attached hydrogens (tertiary/aromatic N) is 2. The van der Waals surface area contributed by atoms with Crippen molar-refractivity contribution in [3.63, 3.8) is 0 Å². The van der Waals surface area contributed by atoms with Crippen LogP contribution in [0.3, 0.4) is 0 Å². The molecular weight excluding hydrogens is 228 g/mol. The molecule has 0 aliphatic rings. The number of nitro benzene ring substituents is 1. The summed E-state index contributed by atoms with van der Waals surface area (Å²) in [5, 5.41) is 21.1. The average molecular weight is 233 g/mol. The lowest BCUT2D eigenvalue weighted by Gasteiger charge is -2.01. The van der Waals surface area contributed by atoms with Crippen LogP contribution >= 0.6 is 0 Å². The Morgan fingerprint density at radius 1 is 1.29 bits per heavy atom. The highest BCUT2D eigenvalue weighted by molar-refractivity contribution is 5.90. The Balaban J connectivity index is 2.43. The number of carboxylic acids is 1. The Morgan fingerprint density at radius 3 is 2.47 bits per heavy atom. The number of hydrogen-bond donors (Lipinski definition) is 0. The van der Waals surface area contributed by atoms with Gasteiger partial charge in [0, 0.05) is 17.7 Å². The van der Waals surface area contributed by atoms with Gasteiger partial charge in [0.05, 0.1) is 10.9 Å². The van der Waals surface area contributed by atoms with Crippen molar-refractivity contribution >= 4 is 11.7 Å². The molecule has 0 spiro atoms. The van der Waals surface area contributed by atoms with Gasteiger partial charge in [-0.1, -0.05) is 0 Å². The minimum absolute atomic E-state index is 0.0138. The third-order valence-electron chi connectivity index (χ3n) is 2.10. The minimum atomic E-state index is -1.47. The van der Waals surface area contributed by atoms with Gasteiger partial charge in [0.25, 0.3) is 5.69 Å². The van der Waals surface area contributed by atoms with E-state index >= 15 is 0 Å². The van der Waals surface area contributed by atoms with Crippen LogP contribution in [-0.2, 0) is 0 Å². The molecule has 1 heterocycles. The Hall–Kier alpha value is -2.70. The Morgan fingerprint density at radius 2 is 1.94 bits per heavy atom. The van der Waals surface area contributed by atoms with Crippen molar-refractivity contribution in [2.24, 2.45) is 0 Å². The fourth-order valence-corrected chi connectivity index (χ4v) is 1.33. The van der Waals surface area contributed by atoms with Gasteiger partial charge in [-0.3, -0.25) is 10.1 Å². The first kappa shape index (κ1) is 10.8. The van der Waals surface area contributed by atoms with Crippen LogP contribution in [0.1, 0.15) is 10.5 Å². The molecule has 0 unspecified atom stereocenters. The lowest BCUT2D eigenvalue weighted by atomic mass is 10.1. The Labute approximate surface area is 94.5 Å². The van der Waals surface area contributed by atoms with E-state index in [2.05, 4.69) is 4.98 Å². The molecule has 0 aliphatic carbocycles. The summed E-state index contributed by atoms with van der Waals surface area (Å²) in [5.41, 5.74) is -0.0468. The molecule has 86 valence electrons. The van der Waals surface area contributed by atoms with Gasteiger partial charge in [-0.05, 0) is 12.1 Å². The van der Waals surface area contributed by atoms with Crippen LogP contribution < -0.4 is 5.11 Å². The predicted molar refractivity (Wildman–Crippen MR) is 52.9 cm³/mol. The molecule has 0 bridgehead atoms. The molecule has 0 amide bonds. The first-order chi connectivity index (χ1) is 8.09. The van der Waals surface area contributed by atoms with Crippen LogP contribution in [0.5, 0.6) is 0 Å². The van der Waals surface area contributed by atoms with Gasteiger partial charge >= 0.3 is 0 Å². The van der Waals surface area contributed by atoms with Gasteiger partial charge in [-0.15, -0.1) is 0 Å². The second-order valence-corrected chi connectivity index (χ2v) is 3.12. The van der Waals surface area contributed by atoms with Crippen LogP contribution in [0.2, 0.25) is 0 Å². The second-order valence-electron chi connectivity index (χ2n) is 3.12. The zero-order chi connectivity index (χ0) is 12.4. The lowest BCUT2D eigenvalue weighted by Crippen LogP contribution is -2.23. The summed E-state index contributed by atoms with van der Waals surface area (Å²) in [4.78, 5) is 24.1. The van der Waals surface area contributed by atoms with E-state index in [1.165, 1.54) is 24.3 Å². The maximum absolute atomic E-state index is 10.7. The maximum atomic E-state index is 10.7. The summed E-state index contributed by atoms with van der Waals surface area (Å²) < 4.78 is 4.91. The van der Waals surface area contributed by atoms with Gasteiger partial charge in [-0.25, -0.2) is 4.98 Å². The van der Waals surface area contributed by atoms with Crippen molar-refractivity contribution < 1.29 is 19.2 Å². The van der Waals surface area contributed by atoms with E-state index in [0.29, 0.717) is 5.56 Å². The summed E-state index contributed by atoms with van der Waals surface area (Å²) in [6.45, 7) is 0. The highest BCUT2D eigenvalue weighted by Gasteiger charge is 2.13. The first-order valence-electron chi connectivity index (χ1n) is 4.49. The van der Waals surface area contributed by atoms with E-state index < -0.39 is 10.9 Å². The summed E-state index contributed by atoms with van der Waals surface area (Å²) >= 11 is 0. The number of carbonyl (C=O) groups is 1. The van der Waals surface area contributed by atoms with Gasteiger partial charge < -0.3 is 14.3 Å². The van der Waals surface area contributed by atoms with Gasteiger partial charge in [0.15, 0.2) is 12.2 Å². The quantitative estimate of drug-likeness (QED) is 0.567. The standard InChI is InChI=1S/C10H6N2O5/c13-10(14)8-9(17-5-11-8)6-1-3-7(4-2-6)12(15)16/h1-5H,(H,13,14)/p-1. The number of oxazole rings is 1. The topological polar surface area (TPSA) is 109 Å². The Bertz CT molecular complexity index is 573. The largest absolute Gasteiger partial charge is 0.543 e. The fourth-order valence-electron chi connectivity index (χ4n) is 1.33. The number of hydrogen-bond acceptors (Lipinski definition) is 6. The molecule has 0 saturated carbocycles. The fraction of sp³-hybridized carbons (Fsp3) is 0. The SMILES string of the molecule is O=C([O-])c1ncoc1-c1ccc([N+](=O)[O-])cc1. The molecule has 2 aromatic rings. The van der Waals surface area contributed by atoms with E-state index in [0.717, 1.165) is 6.39 Å². The third-order valence-corrected chi connectivity index (χ3v) is 2.10. The molecule has 7 nitrogen and oxygen atoms in total. The molecule has 0 radical (unpaired) electrons. The number of nitro groups is 1. The number of aromatic carboxylic acids is 1. The highest BCUT2D eigenvalue weighted by atomic mass is 16.6. The zero-order valence-electron chi connectivity index (χ0n) is 8.32. The number of benzene rings is 1. The van der Waals surface area contributed by atoms with Gasteiger partial charge in [0.1, 0.15) is 5.69 Å². The summed E-state index contributed by atoms with van der Waals surface area (Å²) in [5.74, 6) is -1.45. The normalized spacial score (nSPS) is 10.1. The predicted octanol–water partition coefficient (Wildman–Crippen LogP) is 0.613. The van der Waals surface area contributed by atoms with Crippen molar-refractivity contribution in [3.8, 4) is 11.3 Å². The molecule has 17 heavy (non-hydrogen) atoms. The molecule has 0 saturated heterocycles. The molecule has 7 heteroatoms. The number of rotatable bonds is 3. The molecule has 1 aromatic carbocycles. The van der Waals surface area contributed by atoms with Crippen LogP contribution in [0.25, 0.3) is 11.3 Å². The van der Waals surface area contributed by atoms with Crippen molar-refractivity contribution in [2.75, 3.05) is 0 Å². The Kier molecular flexibility index (Phi) is 2.57. The number of carboxylic acid groups (broad SMARTS) is 1. The first-order valence-corrected chi connectivity index (χ1v) is 4.49. The third kappa shape index (κ3) is 1.98. The van der Waals surface area contributed by atoms with Crippen LogP contribution in [0.15, 0.2) is 35.1 Å². The van der Waals surface area contributed by atoms with Crippen molar-refractivity contribution in [1.29, 1.82) is 0 Å². The summed E-state index contributed by atoms with van der Waals surface area (Å²) in [7, 11) is 0. The molecule has 0 atom stereocenters. The lowest BCUT2D eigenvalue weighted by molar-refractivity contribution is -0.384. The molecule has 0 fully saturated rings. The monoisotopic (exact) mass is 233 g/mol. The second kappa shape index (κ2) is 4.05. The smallest absolute Gasteiger partial charge is 0.269 e. The summed E-state index contributed by atoms with van der Waals surface area (Å²) in [6, 6.07) is 5.25. The zero-order valence-corrected chi connectivity index (χ0v) is 8.32. The molecular formula is C10H5N2O5-. The molecule has 0 aliphatic heterocycles.